The number of piperidine rings is 1. The van der Waals surface area contributed by atoms with Gasteiger partial charge in [0.25, 0.3) is 5.91 Å². The predicted octanol–water partition coefficient (Wildman–Crippen LogP) is 3.93. The first kappa shape index (κ1) is 12.2. The molecule has 2 rings (SSSR count). The van der Waals surface area contributed by atoms with Gasteiger partial charge in [0.05, 0.1) is 9.90 Å². The van der Waals surface area contributed by atoms with Crippen molar-refractivity contribution in [2.75, 3.05) is 13.1 Å². The molecule has 2 nitrogen and oxygen atoms in total. The molecule has 0 aromatic carbocycles. The Morgan fingerprint density at radius 3 is 2.88 bits per heavy atom. The molecule has 1 aromatic rings. The van der Waals surface area contributed by atoms with E-state index in [4.69, 9.17) is 23.2 Å². The molecule has 88 valence electrons. The number of halogens is 2. The molecule has 0 aliphatic carbocycles. The standard InChI is InChI=1S/C11H13Cl2NOS/c1-7-3-2-4-14(6-7)11(15)8-5-9(12)16-10(8)13/h5,7H,2-4,6H2,1H3. The molecule has 0 spiro atoms. The van der Waals surface area contributed by atoms with Crippen LogP contribution < -0.4 is 0 Å². The highest BCUT2D eigenvalue weighted by Gasteiger charge is 2.24. The van der Waals surface area contributed by atoms with Crippen molar-refractivity contribution >= 4 is 40.4 Å². The molecular weight excluding hydrogens is 265 g/mol. The van der Waals surface area contributed by atoms with Crippen molar-refractivity contribution in [1.82, 2.24) is 4.90 Å². The van der Waals surface area contributed by atoms with Crippen LogP contribution in [0.4, 0.5) is 0 Å². The number of rotatable bonds is 1. The number of carbonyl (C=O) groups excluding carboxylic acids is 1. The highest BCUT2D eigenvalue weighted by molar-refractivity contribution is 7.20. The molecule has 2 heterocycles. The van der Waals surface area contributed by atoms with Gasteiger partial charge in [0.15, 0.2) is 0 Å². The topological polar surface area (TPSA) is 20.3 Å². The molecule has 1 aliphatic heterocycles. The summed E-state index contributed by atoms with van der Waals surface area (Å²) in [5, 5.41) is 0. The third kappa shape index (κ3) is 2.53. The maximum Gasteiger partial charge on any atom is 0.256 e. The molecule has 5 heteroatoms. The molecule has 1 aromatic heterocycles. The van der Waals surface area contributed by atoms with Crippen LogP contribution in [0.1, 0.15) is 30.1 Å². The van der Waals surface area contributed by atoms with Crippen molar-refractivity contribution in [3.8, 4) is 0 Å². The Kier molecular flexibility index (Phi) is 3.77. The monoisotopic (exact) mass is 277 g/mol. The van der Waals surface area contributed by atoms with Crippen molar-refractivity contribution in [1.29, 1.82) is 0 Å². The third-order valence-electron chi connectivity index (χ3n) is 2.83. The Bertz CT molecular complexity index is 405. The van der Waals surface area contributed by atoms with E-state index >= 15 is 0 Å². The minimum atomic E-state index is 0.0136. The quantitative estimate of drug-likeness (QED) is 0.762. The summed E-state index contributed by atoms with van der Waals surface area (Å²) in [6.45, 7) is 3.82. The Morgan fingerprint density at radius 2 is 2.31 bits per heavy atom. The van der Waals surface area contributed by atoms with Crippen molar-refractivity contribution in [2.24, 2.45) is 5.92 Å². The van der Waals surface area contributed by atoms with Crippen molar-refractivity contribution < 1.29 is 4.79 Å². The van der Waals surface area contributed by atoms with Crippen molar-refractivity contribution in [3.63, 3.8) is 0 Å². The number of thiophene rings is 1. The molecule has 1 fully saturated rings. The van der Waals surface area contributed by atoms with Gasteiger partial charge in [-0.05, 0) is 24.8 Å². The summed E-state index contributed by atoms with van der Waals surface area (Å²) in [7, 11) is 0. The van der Waals surface area contributed by atoms with E-state index in [0.29, 0.717) is 20.2 Å². The molecule has 0 N–H and O–H groups in total. The molecule has 0 radical (unpaired) electrons. The highest BCUT2D eigenvalue weighted by atomic mass is 35.5. The molecule has 1 saturated heterocycles. The van der Waals surface area contributed by atoms with E-state index in [-0.39, 0.29) is 5.91 Å². The summed E-state index contributed by atoms with van der Waals surface area (Å²) in [6, 6.07) is 1.66. The van der Waals surface area contributed by atoms with E-state index in [1.807, 2.05) is 4.90 Å². The van der Waals surface area contributed by atoms with Crippen LogP contribution in [0, 0.1) is 5.92 Å². The third-order valence-corrected chi connectivity index (χ3v) is 4.32. The fourth-order valence-electron chi connectivity index (χ4n) is 2.03. The lowest BCUT2D eigenvalue weighted by Crippen LogP contribution is -2.39. The lowest BCUT2D eigenvalue weighted by molar-refractivity contribution is 0.0684. The van der Waals surface area contributed by atoms with E-state index in [1.54, 1.807) is 6.07 Å². The summed E-state index contributed by atoms with van der Waals surface area (Å²) >= 11 is 13.1. The number of carbonyl (C=O) groups is 1. The number of hydrogen-bond donors (Lipinski definition) is 0. The van der Waals surface area contributed by atoms with Gasteiger partial charge in [0.2, 0.25) is 0 Å². The fourth-order valence-corrected chi connectivity index (χ4v) is 3.48. The molecule has 16 heavy (non-hydrogen) atoms. The molecular formula is C11H13Cl2NOS. The fraction of sp³-hybridized carbons (Fsp3) is 0.545. The summed E-state index contributed by atoms with van der Waals surface area (Å²) in [5.74, 6) is 0.588. The van der Waals surface area contributed by atoms with Gasteiger partial charge in [-0.15, -0.1) is 11.3 Å². The summed E-state index contributed by atoms with van der Waals surface area (Å²) < 4.78 is 1.06. The molecule has 1 aliphatic rings. The van der Waals surface area contributed by atoms with Crippen LogP contribution in [0.3, 0.4) is 0 Å². The zero-order valence-electron chi connectivity index (χ0n) is 9.00. The van der Waals surface area contributed by atoms with Crippen molar-refractivity contribution in [3.05, 3.63) is 20.3 Å². The summed E-state index contributed by atoms with van der Waals surface area (Å²) in [5.41, 5.74) is 0.547. The molecule has 0 saturated carbocycles. The maximum absolute atomic E-state index is 12.2. The smallest absolute Gasteiger partial charge is 0.256 e. The van der Waals surface area contributed by atoms with Crippen LogP contribution in [0.15, 0.2) is 6.07 Å². The summed E-state index contributed by atoms with van der Waals surface area (Å²) in [4.78, 5) is 14.0. The van der Waals surface area contributed by atoms with Gasteiger partial charge in [0.1, 0.15) is 4.34 Å². The molecule has 1 unspecified atom stereocenters. The summed E-state index contributed by atoms with van der Waals surface area (Å²) in [6.07, 6.45) is 2.27. The Hall–Kier alpha value is -0.250. The van der Waals surface area contributed by atoms with Gasteiger partial charge in [-0.25, -0.2) is 0 Å². The van der Waals surface area contributed by atoms with Gasteiger partial charge < -0.3 is 4.90 Å². The van der Waals surface area contributed by atoms with Crippen LogP contribution in [0.2, 0.25) is 8.67 Å². The number of hydrogen-bond acceptors (Lipinski definition) is 2. The van der Waals surface area contributed by atoms with E-state index in [9.17, 15) is 4.79 Å². The number of amides is 1. The predicted molar refractivity (Wildman–Crippen MR) is 68.6 cm³/mol. The molecule has 1 atom stereocenters. The maximum atomic E-state index is 12.2. The van der Waals surface area contributed by atoms with Gasteiger partial charge >= 0.3 is 0 Å². The van der Waals surface area contributed by atoms with E-state index < -0.39 is 0 Å². The highest BCUT2D eigenvalue weighted by Crippen LogP contribution is 2.32. The first-order valence-electron chi connectivity index (χ1n) is 5.32. The van der Waals surface area contributed by atoms with E-state index in [1.165, 1.54) is 17.8 Å². The van der Waals surface area contributed by atoms with Crippen LogP contribution >= 0.6 is 34.5 Å². The Balaban J connectivity index is 2.15. The van der Waals surface area contributed by atoms with Gasteiger partial charge in [0, 0.05) is 13.1 Å². The van der Waals surface area contributed by atoms with Crippen LogP contribution in [0.25, 0.3) is 0 Å². The zero-order valence-corrected chi connectivity index (χ0v) is 11.3. The van der Waals surface area contributed by atoms with Gasteiger partial charge in [-0.2, -0.15) is 0 Å². The number of likely N-dealkylation sites (tertiary alicyclic amines) is 1. The Morgan fingerprint density at radius 1 is 1.56 bits per heavy atom. The SMILES string of the molecule is CC1CCCN(C(=O)c2cc(Cl)sc2Cl)C1. The average Bonchev–Trinajstić information content (AvgIpc) is 2.57. The van der Waals surface area contributed by atoms with Crippen LogP contribution in [-0.4, -0.2) is 23.9 Å². The average molecular weight is 278 g/mol. The lowest BCUT2D eigenvalue weighted by atomic mass is 10.00. The van der Waals surface area contributed by atoms with Crippen LogP contribution in [0.5, 0.6) is 0 Å². The second kappa shape index (κ2) is 4.94. The second-order valence-corrected chi connectivity index (χ2v) is 6.52. The van der Waals surface area contributed by atoms with Crippen molar-refractivity contribution in [2.45, 2.75) is 19.8 Å². The molecule has 1 amide bonds. The number of nitrogens with zero attached hydrogens (tertiary/aromatic N) is 1. The van der Waals surface area contributed by atoms with Crippen LogP contribution in [-0.2, 0) is 0 Å². The first-order valence-corrected chi connectivity index (χ1v) is 6.89. The minimum absolute atomic E-state index is 0.0136. The van der Waals surface area contributed by atoms with Gasteiger partial charge in [-0.1, -0.05) is 30.1 Å². The lowest BCUT2D eigenvalue weighted by Gasteiger charge is -2.30. The minimum Gasteiger partial charge on any atom is -0.338 e. The second-order valence-electron chi connectivity index (χ2n) is 4.24. The largest absolute Gasteiger partial charge is 0.338 e. The van der Waals surface area contributed by atoms with E-state index in [0.717, 1.165) is 19.5 Å². The normalized spacial score (nSPS) is 21.2. The molecule has 0 bridgehead atoms. The Labute approximate surface area is 109 Å². The first-order chi connectivity index (χ1) is 7.58. The van der Waals surface area contributed by atoms with E-state index in [2.05, 4.69) is 6.92 Å². The zero-order chi connectivity index (χ0) is 11.7. The van der Waals surface area contributed by atoms with Gasteiger partial charge in [-0.3, -0.25) is 4.79 Å².